The van der Waals surface area contributed by atoms with Gasteiger partial charge in [-0.05, 0) is 26.0 Å². The van der Waals surface area contributed by atoms with Gasteiger partial charge in [0.25, 0.3) is 11.6 Å². The van der Waals surface area contributed by atoms with Gasteiger partial charge in [-0.25, -0.2) is 0 Å². The SMILES string of the molecule is CNC(=O)c1ccc(NCC=C(C)C)c([N+](=O)[O-])c1. The van der Waals surface area contributed by atoms with Crippen LogP contribution < -0.4 is 10.6 Å². The Kier molecular flexibility index (Phi) is 5.05. The van der Waals surface area contributed by atoms with Crippen molar-refractivity contribution in [2.75, 3.05) is 18.9 Å². The molecule has 0 aliphatic rings. The molecule has 1 amide bonds. The normalized spacial score (nSPS) is 9.63. The van der Waals surface area contributed by atoms with E-state index in [1.165, 1.54) is 13.1 Å². The molecule has 6 heteroatoms. The second-order valence-corrected chi connectivity index (χ2v) is 4.23. The van der Waals surface area contributed by atoms with Gasteiger partial charge in [0.05, 0.1) is 4.92 Å². The van der Waals surface area contributed by atoms with E-state index in [0.717, 1.165) is 5.57 Å². The maximum atomic E-state index is 11.4. The predicted octanol–water partition coefficient (Wildman–Crippen LogP) is 2.33. The second kappa shape index (κ2) is 6.53. The van der Waals surface area contributed by atoms with Crippen LogP contribution in [-0.4, -0.2) is 24.4 Å². The van der Waals surface area contributed by atoms with Crippen LogP contribution in [0.4, 0.5) is 11.4 Å². The summed E-state index contributed by atoms with van der Waals surface area (Å²) in [6, 6.07) is 4.36. The quantitative estimate of drug-likeness (QED) is 0.485. The number of hydrogen-bond donors (Lipinski definition) is 2. The molecule has 0 unspecified atom stereocenters. The monoisotopic (exact) mass is 263 g/mol. The maximum absolute atomic E-state index is 11.4. The van der Waals surface area contributed by atoms with Crippen molar-refractivity contribution in [1.29, 1.82) is 0 Å². The van der Waals surface area contributed by atoms with Gasteiger partial charge in [0.15, 0.2) is 0 Å². The Hall–Kier alpha value is -2.37. The zero-order chi connectivity index (χ0) is 14.4. The number of carbonyl (C=O) groups is 1. The first-order valence-electron chi connectivity index (χ1n) is 5.83. The molecule has 0 fully saturated rings. The molecule has 1 rings (SSSR count). The van der Waals surface area contributed by atoms with Crippen molar-refractivity contribution in [3.63, 3.8) is 0 Å². The number of nitrogens with one attached hydrogen (secondary N) is 2. The third-order valence-corrected chi connectivity index (χ3v) is 2.49. The Morgan fingerprint density at radius 1 is 1.42 bits per heavy atom. The number of nitro groups is 1. The van der Waals surface area contributed by atoms with Crippen LogP contribution in [-0.2, 0) is 0 Å². The first-order chi connectivity index (χ1) is 8.95. The molecule has 6 nitrogen and oxygen atoms in total. The van der Waals surface area contributed by atoms with Gasteiger partial charge < -0.3 is 10.6 Å². The molecule has 102 valence electrons. The van der Waals surface area contributed by atoms with E-state index in [1.807, 2.05) is 19.9 Å². The van der Waals surface area contributed by atoms with Crippen molar-refractivity contribution in [2.45, 2.75) is 13.8 Å². The van der Waals surface area contributed by atoms with Crippen LogP contribution >= 0.6 is 0 Å². The van der Waals surface area contributed by atoms with E-state index < -0.39 is 4.92 Å². The summed E-state index contributed by atoms with van der Waals surface area (Å²) in [6.07, 6.45) is 1.93. The Morgan fingerprint density at radius 3 is 2.63 bits per heavy atom. The lowest BCUT2D eigenvalue weighted by atomic mass is 10.1. The molecular formula is C13H17N3O3. The number of amides is 1. The number of carbonyl (C=O) groups excluding carboxylic acids is 1. The number of anilines is 1. The smallest absolute Gasteiger partial charge is 0.293 e. The highest BCUT2D eigenvalue weighted by Crippen LogP contribution is 2.25. The van der Waals surface area contributed by atoms with Crippen LogP contribution in [0.3, 0.4) is 0 Å². The van der Waals surface area contributed by atoms with Crippen molar-refractivity contribution in [3.05, 3.63) is 45.5 Å². The molecule has 0 aromatic heterocycles. The van der Waals surface area contributed by atoms with Crippen molar-refractivity contribution in [3.8, 4) is 0 Å². The molecule has 0 heterocycles. The van der Waals surface area contributed by atoms with E-state index in [4.69, 9.17) is 0 Å². The Labute approximate surface area is 111 Å². The van der Waals surface area contributed by atoms with E-state index in [1.54, 1.807) is 12.1 Å². The Bertz CT molecular complexity index is 520. The fourth-order valence-electron chi connectivity index (χ4n) is 1.48. The Morgan fingerprint density at radius 2 is 2.11 bits per heavy atom. The summed E-state index contributed by atoms with van der Waals surface area (Å²) in [4.78, 5) is 21.9. The molecule has 2 N–H and O–H groups in total. The van der Waals surface area contributed by atoms with Gasteiger partial charge in [-0.15, -0.1) is 0 Å². The average Bonchev–Trinajstić information content (AvgIpc) is 2.37. The maximum Gasteiger partial charge on any atom is 0.293 e. The molecule has 0 aliphatic carbocycles. The van der Waals surface area contributed by atoms with Crippen LogP contribution in [0.5, 0.6) is 0 Å². The van der Waals surface area contributed by atoms with E-state index in [9.17, 15) is 14.9 Å². The standard InChI is InChI=1S/C13H17N3O3/c1-9(2)6-7-15-11-5-4-10(13(17)14-3)8-12(11)16(18)19/h4-6,8,15H,7H2,1-3H3,(H,14,17). The molecule has 0 bridgehead atoms. The summed E-state index contributed by atoms with van der Waals surface area (Å²) >= 11 is 0. The molecule has 1 aromatic carbocycles. The lowest BCUT2D eigenvalue weighted by molar-refractivity contribution is -0.384. The van der Waals surface area contributed by atoms with Crippen molar-refractivity contribution < 1.29 is 9.72 Å². The van der Waals surface area contributed by atoms with Crippen LogP contribution in [0.15, 0.2) is 29.8 Å². The van der Waals surface area contributed by atoms with Crippen molar-refractivity contribution in [2.24, 2.45) is 0 Å². The first kappa shape index (κ1) is 14.7. The molecule has 0 saturated carbocycles. The average molecular weight is 263 g/mol. The van der Waals surface area contributed by atoms with Gasteiger partial charge in [-0.1, -0.05) is 11.6 Å². The third-order valence-electron chi connectivity index (χ3n) is 2.49. The summed E-state index contributed by atoms with van der Waals surface area (Å²) in [5.74, 6) is -0.348. The lowest BCUT2D eigenvalue weighted by Gasteiger charge is -2.07. The lowest BCUT2D eigenvalue weighted by Crippen LogP contribution is -2.18. The first-order valence-corrected chi connectivity index (χ1v) is 5.83. The minimum absolute atomic E-state index is 0.108. The summed E-state index contributed by atoms with van der Waals surface area (Å²) in [5.41, 5.74) is 1.68. The third kappa shape index (κ3) is 4.09. The molecule has 0 aliphatic heterocycles. The van der Waals surface area contributed by atoms with Crippen molar-refractivity contribution in [1.82, 2.24) is 5.32 Å². The van der Waals surface area contributed by atoms with Gasteiger partial charge in [-0.2, -0.15) is 0 Å². The largest absolute Gasteiger partial charge is 0.376 e. The van der Waals surface area contributed by atoms with E-state index >= 15 is 0 Å². The topological polar surface area (TPSA) is 84.3 Å². The highest BCUT2D eigenvalue weighted by Gasteiger charge is 2.16. The minimum atomic E-state index is -0.503. The van der Waals surface area contributed by atoms with Gasteiger partial charge >= 0.3 is 0 Å². The van der Waals surface area contributed by atoms with Crippen LogP contribution in [0, 0.1) is 10.1 Å². The number of hydrogen-bond acceptors (Lipinski definition) is 4. The zero-order valence-corrected chi connectivity index (χ0v) is 11.2. The fraction of sp³-hybridized carbons (Fsp3) is 0.308. The number of rotatable bonds is 5. The van der Waals surface area contributed by atoms with Gasteiger partial charge in [-0.3, -0.25) is 14.9 Å². The summed E-state index contributed by atoms with van der Waals surface area (Å²) in [7, 11) is 1.48. The predicted molar refractivity (Wildman–Crippen MR) is 74.4 cm³/mol. The molecule has 19 heavy (non-hydrogen) atoms. The fourth-order valence-corrected chi connectivity index (χ4v) is 1.48. The number of nitrogens with zero attached hydrogens (tertiary/aromatic N) is 1. The van der Waals surface area contributed by atoms with Gasteiger partial charge in [0, 0.05) is 25.2 Å². The molecule has 0 atom stereocenters. The minimum Gasteiger partial charge on any atom is -0.376 e. The number of allylic oxidation sites excluding steroid dienone is 1. The van der Waals surface area contributed by atoms with Gasteiger partial charge in [0.2, 0.25) is 0 Å². The van der Waals surface area contributed by atoms with E-state index in [-0.39, 0.29) is 17.2 Å². The summed E-state index contributed by atoms with van der Waals surface area (Å²) < 4.78 is 0. The molecular weight excluding hydrogens is 246 g/mol. The summed E-state index contributed by atoms with van der Waals surface area (Å²) in [6.45, 7) is 4.40. The number of nitro benzene ring substituents is 1. The highest BCUT2D eigenvalue weighted by molar-refractivity contribution is 5.95. The van der Waals surface area contributed by atoms with Gasteiger partial charge in [0.1, 0.15) is 5.69 Å². The van der Waals surface area contributed by atoms with Crippen LogP contribution in [0.25, 0.3) is 0 Å². The molecule has 0 radical (unpaired) electrons. The zero-order valence-electron chi connectivity index (χ0n) is 11.2. The second-order valence-electron chi connectivity index (χ2n) is 4.23. The van der Waals surface area contributed by atoms with Crippen LogP contribution in [0.2, 0.25) is 0 Å². The highest BCUT2D eigenvalue weighted by atomic mass is 16.6. The molecule has 1 aromatic rings. The van der Waals surface area contributed by atoms with Crippen LogP contribution in [0.1, 0.15) is 24.2 Å². The molecule has 0 saturated heterocycles. The molecule has 0 spiro atoms. The summed E-state index contributed by atoms with van der Waals surface area (Å²) in [5, 5.41) is 16.4. The van der Waals surface area contributed by atoms with E-state index in [0.29, 0.717) is 12.2 Å². The Balaban J connectivity index is 3.01. The van der Waals surface area contributed by atoms with E-state index in [2.05, 4.69) is 10.6 Å². The van der Waals surface area contributed by atoms with Crippen molar-refractivity contribution >= 4 is 17.3 Å². The number of benzene rings is 1.